The Morgan fingerprint density at radius 1 is 1.25 bits per heavy atom. The molecule has 1 fully saturated rings. The molecular formula is C21H26N2O5. The van der Waals surface area contributed by atoms with E-state index < -0.39 is 12.3 Å². The van der Waals surface area contributed by atoms with Crippen molar-refractivity contribution in [2.75, 3.05) is 19.8 Å². The number of aromatic nitrogens is 1. The molecule has 1 aromatic carbocycles. The van der Waals surface area contributed by atoms with Crippen LogP contribution in [-0.4, -0.2) is 53.0 Å². The van der Waals surface area contributed by atoms with Crippen molar-refractivity contribution in [1.29, 1.82) is 5.41 Å². The van der Waals surface area contributed by atoms with Crippen LogP contribution in [0.1, 0.15) is 40.9 Å². The highest BCUT2D eigenvalue weighted by Gasteiger charge is 2.09. The van der Waals surface area contributed by atoms with Crippen LogP contribution in [0.5, 0.6) is 0 Å². The van der Waals surface area contributed by atoms with Gasteiger partial charge < -0.3 is 25.1 Å². The normalized spacial score (nSPS) is 16.0. The minimum absolute atomic E-state index is 0.114. The molecule has 2 aromatic rings. The van der Waals surface area contributed by atoms with E-state index in [9.17, 15) is 4.79 Å². The standard InChI is InChI=1S/C16H16N2O3.C5H10O2/c17-14(15-10-13(16(19)20)6-8-18-15)11-21-9-7-12-4-2-1-3-5-12;6-5-3-1-2-4-7-5/h1-6,8,10,17H,7,9,11H2,(H,19,20);5-6H,1-4H2. The Bertz CT molecular complexity index is 745. The summed E-state index contributed by atoms with van der Waals surface area (Å²) in [5.74, 6) is -1.03. The number of carbonyl (C=O) groups is 1. The number of benzene rings is 1. The van der Waals surface area contributed by atoms with E-state index >= 15 is 0 Å². The fourth-order valence-electron chi connectivity index (χ4n) is 2.54. The predicted octanol–water partition coefficient (Wildman–Crippen LogP) is 2.91. The van der Waals surface area contributed by atoms with Gasteiger partial charge in [-0.05, 0) is 43.4 Å². The number of rotatable bonds is 7. The lowest BCUT2D eigenvalue weighted by atomic mass is 10.1. The van der Waals surface area contributed by atoms with E-state index in [4.69, 9.17) is 25.1 Å². The van der Waals surface area contributed by atoms with Crippen LogP contribution >= 0.6 is 0 Å². The van der Waals surface area contributed by atoms with E-state index in [-0.39, 0.29) is 17.9 Å². The quantitative estimate of drug-likeness (QED) is 0.498. The first kappa shape index (κ1) is 21.7. The van der Waals surface area contributed by atoms with Gasteiger partial charge in [0.15, 0.2) is 6.29 Å². The van der Waals surface area contributed by atoms with Gasteiger partial charge in [0.05, 0.1) is 30.2 Å². The van der Waals surface area contributed by atoms with E-state index in [2.05, 4.69) is 4.98 Å². The highest BCUT2D eigenvalue weighted by Crippen LogP contribution is 2.08. The average Bonchev–Trinajstić information content (AvgIpc) is 2.73. The van der Waals surface area contributed by atoms with Crippen molar-refractivity contribution in [3.63, 3.8) is 0 Å². The van der Waals surface area contributed by atoms with Crippen molar-refractivity contribution in [3.8, 4) is 0 Å². The van der Waals surface area contributed by atoms with Crippen LogP contribution in [0.2, 0.25) is 0 Å². The fourth-order valence-corrected chi connectivity index (χ4v) is 2.54. The highest BCUT2D eigenvalue weighted by atomic mass is 16.6. The van der Waals surface area contributed by atoms with Crippen molar-refractivity contribution in [2.24, 2.45) is 0 Å². The number of nitrogens with zero attached hydrogens (tertiary/aromatic N) is 1. The van der Waals surface area contributed by atoms with Crippen molar-refractivity contribution in [1.82, 2.24) is 4.98 Å². The van der Waals surface area contributed by atoms with Crippen molar-refractivity contribution in [2.45, 2.75) is 32.0 Å². The molecule has 1 aliphatic heterocycles. The molecule has 1 atom stereocenters. The van der Waals surface area contributed by atoms with Gasteiger partial charge >= 0.3 is 5.97 Å². The largest absolute Gasteiger partial charge is 0.478 e. The number of hydrogen-bond acceptors (Lipinski definition) is 6. The zero-order valence-corrected chi connectivity index (χ0v) is 15.7. The summed E-state index contributed by atoms with van der Waals surface area (Å²) in [6.45, 7) is 1.36. The Kier molecular flexibility index (Phi) is 9.27. The molecular weight excluding hydrogens is 360 g/mol. The van der Waals surface area contributed by atoms with Gasteiger partial charge in [-0.15, -0.1) is 0 Å². The first-order valence-electron chi connectivity index (χ1n) is 9.24. The minimum Gasteiger partial charge on any atom is -0.478 e. The topological polar surface area (TPSA) is 113 Å². The number of aromatic carboxylic acids is 1. The molecule has 1 unspecified atom stereocenters. The maximum Gasteiger partial charge on any atom is 0.335 e. The van der Waals surface area contributed by atoms with Gasteiger partial charge in [-0.1, -0.05) is 30.3 Å². The SMILES string of the molecule is N=C(COCCc1ccccc1)c1cc(C(=O)O)ccn1.OC1CCCCO1. The van der Waals surface area contributed by atoms with Gasteiger partial charge in [0, 0.05) is 12.8 Å². The Labute approximate surface area is 164 Å². The second kappa shape index (κ2) is 12.0. The zero-order valence-electron chi connectivity index (χ0n) is 15.7. The molecule has 2 heterocycles. The van der Waals surface area contributed by atoms with Crippen LogP contribution in [0.15, 0.2) is 48.7 Å². The molecule has 0 bridgehead atoms. The Hall–Kier alpha value is -2.61. The number of aliphatic hydroxyl groups excluding tert-OH is 1. The number of aliphatic hydroxyl groups is 1. The smallest absolute Gasteiger partial charge is 0.335 e. The average molecular weight is 386 g/mol. The molecule has 0 amide bonds. The van der Waals surface area contributed by atoms with Gasteiger partial charge in [-0.25, -0.2) is 4.79 Å². The van der Waals surface area contributed by atoms with E-state index in [1.54, 1.807) is 0 Å². The Morgan fingerprint density at radius 2 is 2.04 bits per heavy atom. The van der Waals surface area contributed by atoms with Crippen LogP contribution in [-0.2, 0) is 15.9 Å². The van der Waals surface area contributed by atoms with Crippen LogP contribution < -0.4 is 0 Å². The van der Waals surface area contributed by atoms with E-state index in [1.165, 1.54) is 23.9 Å². The summed E-state index contributed by atoms with van der Waals surface area (Å²) in [7, 11) is 0. The first-order chi connectivity index (χ1) is 13.6. The molecule has 0 aliphatic carbocycles. The second-order valence-corrected chi connectivity index (χ2v) is 6.32. The summed E-state index contributed by atoms with van der Waals surface area (Å²) in [4.78, 5) is 14.9. The third-order valence-electron chi connectivity index (χ3n) is 4.10. The van der Waals surface area contributed by atoms with E-state index in [0.717, 1.165) is 32.3 Å². The summed E-state index contributed by atoms with van der Waals surface area (Å²) >= 11 is 0. The lowest BCUT2D eigenvalue weighted by Gasteiger charge is -2.16. The predicted molar refractivity (Wildman–Crippen MR) is 105 cm³/mol. The number of carboxylic acids is 1. The van der Waals surface area contributed by atoms with Crippen LogP contribution in [0.3, 0.4) is 0 Å². The molecule has 28 heavy (non-hydrogen) atoms. The minimum atomic E-state index is -1.03. The van der Waals surface area contributed by atoms with Gasteiger partial charge in [0.1, 0.15) is 0 Å². The van der Waals surface area contributed by atoms with Gasteiger partial charge in [-0.2, -0.15) is 0 Å². The monoisotopic (exact) mass is 386 g/mol. The number of carboxylic acid groups (broad SMARTS) is 1. The number of ether oxygens (including phenoxy) is 2. The number of nitrogens with one attached hydrogen (secondary N) is 1. The van der Waals surface area contributed by atoms with Crippen molar-refractivity contribution < 1.29 is 24.5 Å². The summed E-state index contributed by atoms with van der Waals surface area (Å²) in [6, 6.07) is 12.7. The van der Waals surface area contributed by atoms with Crippen LogP contribution in [0, 0.1) is 5.41 Å². The molecule has 1 saturated heterocycles. The lowest BCUT2D eigenvalue weighted by molar-refractivity contribution is -0.123. The molecule has 150 valence electrons. The molecule has 1 aromatic heterocycles. The molecule has 3 rings (SSSR count). The Morgan fingerprint density at radius 3 is 2.64 bits per heavy atom. The number of hydrogen-bond donors (Lipinski definition) is 3. The summed E-state index contributed by atoms with van der Waals surface area (Å²) in [5, 5.41) is 25.5. The third-order valence-corrected chi connectivity index (χ3v) is 4.10. The van der Waals surface area contributed by atoms with Crippen LogP contribution in [0.4, 0.5) is 0 Å². The second-order valence-electron chi connectivity index (χ2n) is 6.32. The molecule has 0 saturated carbocycles. The molecule has 7 nitrogen and oxygen atoms in total. The number of pyridine rings is 1. The maximum atomic E-state index is 10.9. The maximum absolute atomic E-state index is 10.9. The van der Waals surface area contributed by atoms with Gasteiger partial charge in [0.25, 0.3) is 0 Å². The summed E-state index contributed by atoms with van der Waals surface area (Å²) in [5.41, 5.74) is 1.80. The lowest BCUT2D eigenvalue weighted by Crippen LogP contribution is -2.17. The molecule has 7 heteroatoms. The van der Waals surface area contributed by atoms with Crippen molar-refractivity contribution in [3.05, 3.63) is 65.5 Å². The summed E-state index contributed by atoms with van der Waals surface area (Å²) in [6.07, 6.45) is 4.74. The van der Waals surface area contributed by atoms with Gasteiger partial charge in [-0.3, -0.25) is 4.98 Å². The molecule has 1 aliphatic rings. The van der Waals surface area contributed by atoms with E-state index in [0.29, 0.717) is 12.3 Å². The van der Waals surface area contributed by atoms with Gasteiger partial charge in [0.2, 0.25) is 0 Å². The first-order valence-corrected chi connectivity index (χ1v) is 9.24. The third kappa shape index (κ3) is 7.96. The fraction of sp³-hybridized carbons (Fsp3) is 0.381. The highest BCUT2D eigenvalue weighted by molar-refractivity contribution is 5.99. The summed E-state index contributed by atoms with van der Waals surface area (Å²) < 4.78 is 10.3. The van der Waals surface area contributed by atoms with E-state index in [1.807, 2.05) is 30.3 Å². The van der Waals surface area contributed by atoms with Crippen molar-refractivity contribution >= 4 is 11.7 Å². The van der Waals surface area contributed by atoms with Crippen LogP contribution in [0.25, 0.3) is 0 Å². The molecule has 3 N–H and O–H groups in total. The molecule has 0 radical (unpaired) electrons. The zero-order chi connectivity index (χ0) is 20.2. The Balaban J connectivity index is 0.000000336. The molecule has 0 spiro atoms.